The number of halogens is 2. The first-order valence-electron chi connectivity index (χ1n) is 6.85. The van der Waals surface area contributed by atoms with Crippen LogP contribution in [-0.2, 0) is 12.8 Å². The summed E-state index contributed by atoms with van der Waals surface area (Å²) in [5, 5.41) is 1.39. The number of aromatic amines is 1. The molecule has 1 heterocycles. The van der Waals surface area contributed by atoms with Gasteiger partial charge in [-0.25, -0.2) is 0 Å². The molecule has 3 heteroatoms. The van der Waals surface area contributed by atoms with Crippen LogP contribution in [-0.4, -0.2) is 4.98 Å². The van der Waals surface area contributed by atoms with Gasteiger partial charge >= 0.3 is 0 Å². The average molecular weight is 385 g/mol. The van der Waals surface area contributed by atoms with E-state index >= 15 is 0 Å². The van der Waals surface area contributed by atoms with Crippen LogP contribution in [0.4, 0.5) is 0 Å². The van der Waals surface area contributed by atoms with Gasteiger partial charge in [-0.2, -0.15) is 0 Å². The molecule has 0 aliphatic heterocycles. The summed E-state index contributed by atoms with van der Waals surface area (Å²) in [6.07, 6.45) is 3.67. The maximum absolute atomic E-state index is 3.68. The van der Waals surface area contributed by atoms with Gasteiger partial charge in [0.15, 0.2) is 0 Å². The van der Waals surface area contributed by atoms with Crippen molar-refractivity contribution in [3.05, 3.63) is 32.3 Å². The molecule has 0 saturated carbocycles. The molecule has 0 radical (unpaired) electrons. The molecular formula is C16H19Br2N. The van der Waals surface area contributed by atoms with Gasteiger partial charge in [-0.3, -0.25) is 0 Å². The second-order valence-corrected chi connectivity index (χ2v) is 8.32. The number of H-pyrrole nitrogens is 1. The summed E-state index contributed by atoms with van der Waals surface area (Å²) < 4.78 is 2.26. The van der Waals surface area contributed by atoms with Crippen LogP contribution in [0.3, 0.4) is 0 Å². The fourth-order valence-corrected chi connectivity index (χ4v) is 3.94. The number of hydrogen-bond acceptors (Lipinski definition) is 0. The highest BCUT2D eigenvalue weighted by molar-refractivity contribution is 9.13. The van der Waals surface area contributed by atoms with Crippen molar-refractivity contribution < 1.29 is 0 Å². The molecule has 0 amide bonds. The molecule has 1 nitrogen and oxygen atoms in total. The van der Waals surface area contributed by atoms with Crippen LogP contribution >= 0.6 is 31.9 Å². The predicted octanol–water partition coefficient (Wildman–Crippen LogP) is 5.84. The predicted molar refractivity (Wildman–Crippen MR) is 88.7 cm³/mol. The molecule has 0 spiro atoms. The van der Waals surface area contributed by atoms with E-state index in [1.807, 2.05) is 0 Å². The highest BCUT2D eigenvalue weighted by Crippen LogP contribution is 2.42. The molecular weight excluding hydrogens is 366 g/mol. The molecule has 2 aromatic rings. The molecule has 1 aliphatic rings. The van der Waals surface area contributed by atoms with Gasteiger partial charge in [0, 0.05) is 15.6 Å². The molecule has 1 atom stereocenters. The van der Waals surface area contributed by atoms with Crippen molar-refractivity contribution in [2.75, 3.05) is 0 Å². The summed E-state index contributed by atoms with van der Waals surface area (Å²) >= 11 is 7.27. The summed E-state index contributed by atoms with van der Waals surface area (Å²) in [6.45, 7) is 7.10. The Balaban J connectivity index is 2.12. The normalized spacial score (nSPS) is 19.7. The van der Waals surface area contributed by atoms with Crippen LogP contribution in [0.25, 0.3) is 10.9 Å². The van der Waals surface area contributed by atoms with E-state index < -0.39 is 0 Å². The van der Waals surface area contributed by atoms with E-state index in [1.54, 1.807) is 0 Å². The SMILES string of the molecule is CC(C)(C)C1CCc2[nH]c3c(Br)c(Br)ccc3c2C1. The summed E-state index contributed by atoms with van der Waals surface area (Å²) in [4.78, 5) is 3.62. The Kier molecular flexibility index (Phi) is 3.33. The lowest BCUT2D eigenvalue weighted by Crippen LogP contribution is -2.26. The zero-order valence-corrected chi connectivity index (χ0v) is 14.8. The maximum Gasteiger partial charge on any atom is 0.0614 e. The van der Waals surface area contributed by atoms with Crippen molar-refractivity contribution in [1.29, 1.82) is 0 Å². The summed E-state index contributed by atoms with van der Waals surface area (Å²) in [7, 11) is 0. The van der Waals surface area contributed by atoms with Gasteiger partial charge in [0.05, 0.1) is 9.99 Å². The second-order valence-electron chi connectivity index (χ2n) is 6.67. The topological polar surface area (TPSA) is 15.8 Å². The zero-order chi connectivity index (χ0) is 13.8. The first kappa shape index (κ1) is 13.7. The van der Waals surface area contributed by atoms with Gasteiger partial charge in [-0.05, 0) is 74.1 Å². The first-order chi connectivity index (χ1) is 8.88. The van der Waals surface area contributed by atoms with Crippen molar-refractivity contribution in [3.63, 3.8) is 0 Å². The third-order valence-electron chi connectivity index (χ3n) is 4.48. The lowest BCUT2D eigenvalue weighted by Gasteiger charge is -2.34. The quantitative estimate of drug-likeness (QED) is 0.586. The van der Waals surface area contributed by atoms with Gasteiger partial charge in [0.25, 0.3) is 0 Å². The Morgan fingerprint density at radius 1 is 1.21 bits per heavy atom. The van der Waals surface area contributed by atoms with Crippen LogP contribution in [0.1, 0.15) is 38.4 Å². The van der Waals surface area contributed by atoms with Crippen molar-refractivity contribution >= 4 is 42.8 Å². The smallest absolute Gasteiger partial charge is 0.0614 e. The molecule has 102 valence electrons. The average Bonchev–Trinajstić information content (AvgIpc) is 2.71. The van der Waals surface area contributed by atoms with Crippen molar-refractivity contribution in [3.8, 4) is 0 Å². The summed E-state index contributed by atoms with van der Waals surface area (Å²) in [6, 6.07) is 4.38. The molecule has 0 bridgehead atoms. The van der Waals surface area contributed by atoms with E-state index in [1.165, 1.54) is 41.4 Å². The molecule has 1 aromatic carbocycles. The molecule has 19 heavy (non-hydrogen) atoms. The first-order valence-corrected chi connectivity index (χ1v) is 8.44. The number of aromatic nitrogens is 1. The highest BCUT2D eigenvalue weighted by atomic mass is 79.9. The number of benzene rings is 1. The third kappa shape index (κ3) is 2.29. The number of hydrogen-bond donors (Lipinski definition) is 1. The number of nitrogens with one attached hydrogen (secondary N) is 1. The Labute approximate surface area is 131 Å². The van der Waals surface area contributed by atoms with Gasteiger partial charge in [0.2, 0.25) is 0 Å². The molecule has 1 aromatic heterocycles. The lowest BCUT2D eigenvalue weighted by atomic mass is 9.71. The monoisotopic (exact) mass is 383 g/mol. The van der Waals surface area contributed by atoms with E-state index in [0.29, 0.717) is 5.41 Å². The lowest BCUT2D eigenvalue weighted by molar-refractivity contribution is 0.216. The third-order valence-corrected chi connectivity index (χ3v) is 6.49. The number of fused-ring (bicyclic) bond motifs is 3. The number of aryl methyl sites for hydroxylation is 1. The van der Waals surface area contributed by atoms with E-state index in [0.717, 1.165) is 14.9 Å². The second kappa shape index (κ2) is 4.63. The van der Waals surface area contributed by atoms with Crippen LogP contribution in [0.5, 0.6) is 0 Å². The minimum absolute atomic E-state index is 0.397. The molecule has 0 fully saturated rings. The summed E-state index contributed by atoms with van der Waals surface area (Å²) in [5.74, 6) is 0.779. The van der Waals surface area contributed by atoms with E-state index in [9.17, 15) is 0 Å². The number of rotatable bonds is 0. The van der Waals surface area contributed by atoms with E-state index in [4.69, 9.17) is 0 Å². The van der Waals surface area contributed by atoms with Crippen LogP contribution in [0, 0.1) is 11.3 Å². The van der Waals surface area contributed by atoms with Gasteiger partial charge in [-0.1, -0.05) is 26.8 Å². The summed E-state index contributed by atoms with van der Waals surface area (Å²) in [5.41, 5.74) is 4.62. The van der Waals surface area contributed by atoms with Gasteiger partial charge in [-0.15, -0.1) is 0 Å². The zero-order valence-electron chi connectivity index (χ0n) is 11.6. The minimum Gasteiger partial charge on any atom is -0.357 e. The Hall–Kier alpha value is -0.280. The molecule has 1 aliphatic carbocycles. The van der Waals surface area contributed by atoms with Crippen LogP contribution in [0.15, 0.2) is 21.1 Å². The Morgan fingerprint density at radius 2 is 1.95 bits per heavy atom. The molecule has 1 unspecified atom stereocenters. The van der Waals surface area contributed by atoms with E-state index in [2.05, 4.69) is 69.7 Å². The van der Waals surface area contributed by atoms with Crippen LogP contribution in [0.2, 0.25) is 0 Å². The fourth-order valence-electron chi connectivity index (χ4n) is 3.17. The van der Waals surface area contributed by atoms with E-state index in [-0.39, 0.29) is 0 Å². The van der Waals surface area contributed by atoms with Crippen molar-refractivity contribution in [2.45, 2.75) is 40.0 Å². The Morgan fingerprint density at radius 3 is 2.63 bits per heavy atom. The van der Waals surface area contributed by atoms with Crippen molar-refractivity contribution in [2.24, 2.45) is 11.3 Å². The fraction of sp³-hybridized carbons (Fsp3) is 0.500. The van der Waals surface area contributed by atoms with Crippen molar-refractivity contribution in [1.82, 2.24) is 4.98 Å². The minimum atomic E-state index is 0.397. The molecule has 3 rings (SSSR count). The largest absolute Gasteiger partial charge is 0.357 e. The molecule has 1 N–H and O–H groups in total. The van der Waals surface area contributed by atoms with Gasteiger partial charge in [0.1, 0.15) is 0 Å². The van der Waals surface area contributed by atoms with Gasteiger partial charge < -0.3 is 4.98 Å². The highest BCUT2D eigenvalue weighted by Gasteiger charge is 2.30. The molecule has 0 saturated heterocycles. The standard InChI is InChI=1S/C16H19Br2N/c1-16(2,3)9-4-7-13-11(8-9)10-5-6-12(17)14(18)15(10)19-13/h5-6,9,19H,4,7-8H2,1-3H3. The van der Waals surface area contributed by atoms with Crippen LogP contribution < -0.4 is 0 Å². The maximum atomic E-state index is 3.68. The Bertz CT molecular complexity index is 634.